The summed E-state index contributed by atoms with van der Waals surface area (Å²) in [6.45, 7) is 1.26. The van der Waals surface area contributed by atoms with Gasteiger partial charge in [-0.15, -0.1) is 0 Å². The molecular weight excluding hydrogens is 292 g/mol. The molecule has 6 heteroatoms. The SMILES string of the molecule is NCCCCNC(=O)c1ccc2c(c1)[nH]c(=O)n2C1CCCC1. The highest BCUT2D eigenvalue weighted by atomic mass is 16.2. The predicted octanol–water partition coefficient (Wildman–Crippen LogP) is 1.91. The van der Waals surface area contributed by atoms with Crippen molar-refractivity contribution >= 4 is 16.9 Å². The van der Waals surface area contributed by atoms with Gasteiger partial charge in [-0.2, -0.15) is 0 Å². The normalized spacial score (nSPS) is 15.3. The Morgan fingerprint density at radius 1 is 1.30 bits per heavy atom. The number of H-pyrrole nitrogens is 1. The first-order valence-electron chi connectivity index (χ1n) is 8.43. The van der Waals surface area contributed by atoms with Gasteiger partial charge in [-0.25, -0.2) is 4.79 Å². The van der Waals surface area contributed by atoms with Gasteiger partial charge in [0, 0.05) is 18.2 Å². The summed E-state index contributed by atoms with van der Waals surface area (Å²) in [6.07, 6.45) is 6.23. The van der Waals surface area contributed by atoms with Crippen molar-refractivity contribution in [1.29, 1.82) is 0 Å². The van der Waals surface area contributed by atoms with Crippen LogP contribution in [0.25, 0.3) is 11.0 Å². The van der Waals surface area contributed by atoms with Gasteiger partial charge < -0.3 is 16.0 Å². The van der Waals surface area contributed by atoms with E-state index in [-0.39, 0.29) is 17.6 Å². The summed E-state index contributed by atoms with van der Waals surface area (Å²) in [4.78, 5) is 27.3. The molecule has 1 aromatic heterocycles. The van der Waals surface area contributed by atoms with E-state index in [0.717, 1.165) is 36.7 Å². The number of hydrogen-bond donors (Lipinski definition) is 3. The van der Waals surface area contributed by atoms with Crippen LogP contribution in [0.5, 0.6) is 0 Å². The highest BCUT2D eigenvalue weighted by molar-refractivity contribution is 5.97. The minimum absolute atomic E-state index is 0.0765. The molecule has 1 heterocycles. The zero-order valence-electron chi connectivity index (χ0n) is 13.3. The summed E-state index contributed by atoms with van der Waals surface area (Å²) in [7, 11) is 0. The largest absolute Gasteiger partial charge is 0.352 e. The molecule has 3 rings (SSSR count). The fourth-order valence-electron chi connectivity index (χ4n) is 3.37. The lowest BCUT2D eigenvalue weighted by atomic mass is 10.1. The molecule has 0 spiro atoms. The number of amides is 1. The molecule has 23 heavy (non-hydrogen) atoms. The Labute approximate surface area is 135 Å². The molecule has 0 aliphatic heterocycles. The lowest BCUT2D eigenvalue weighted by Crippen LogP contribution is -2.24. The van der Waals surface area contributed by atoms with Crippen LogP contribution in [0.3, 0.4) is 0 Å². The Hall–Kier alpha value is -2.08. The van der Waals surface area contributed by atoms with Gasteiger partial charge in [0.1, 0.15) is 0 Å². The maximum atomic E-state index is 12.2. The summed E-state index contributed by atoms with van der Waals surface area (Å²) in [5, 5.41) is 2.88. The van der Waals surface area contributed by atoms with E-state index in [1.807, 2.05) is 10.6 Å². The smallest absolute Gasteiger partial charge is 0.326 e. The molecule has 1 fully saturated rings. The second kappa shape index (κ2) is 7.00. The number of carbonyl (C=O) groups is 1. The van der Waals surface area contributed by atoms with E-state index >= 15 is 0 Å². The van der Waals surface area contributed by atoms with Crippen molar-refractivity contribution in [2.24, 2.45) is 5.73 Å². The highest BCUT2D eigenvalue weighted by Crippen LogP contribution is 2.30. The van der Waals surface area contributed by atoms with Crippen LogP contribution in [-0.2, 0) is 0 Å². The molecule has 2 aromatic rings. The number of hydrogen-bond acceptors (Lipinski definition) is 3. The summed E-state index contributed by atoms with van der Waals surface area (Å²) < 4.78 is 1.85. The molecule has 1 aliphatic rings. The molecule has 1 saturated carbocycles. The van der Waals surface area contributed by atoms with Crippen LogP contribution >= 0.6 is 0 Å². The summed E-state index contributed by atoms with van der Waals surface area (Å²) in [5.74, 6) is -0.113. The van der Waals surface area contributed by atoms with Crippen molar-refractivity contribution in [3.8, 4) is 0 Å². The molecular formula is C17H24N4O2. The second-order valence-electron chi connectivity index (χ2n) is 6.22. The van der Waals surface area contributed by atoms with E-state index in [4.69, 9.17) is 5.73 Å². The maximum absolute atomic E-state index is 12.2. The molecule has 1 amide bonds. The molecule has 0 saturated heterocycles. The van der Waals surface area contributed by atoms with Gasteiger partial charge in [-0.05, 0) is 50.4 Å². The van der Waals surface area contributed by atoms with Crippen molar-refractivity contribution in [3.63, 3.8) is 0 Å². The van der Waals surface area contributed by atoms with Crippen molar-refractivity contribution in [2.75, 3.05) is 13.1 Å². The average molecular weight is 316 g/mol. The number of nitrogens with zero attached hydrogens (tertiary/aromatic N) is 1. The average Bonchev–Trinajstić information content (AvgIpc) is 3.16. The first kappa shape index (κ1) is 15.8. The van der Waals surface area contributed by atoms with Crippen LogP contribution in [-0.4, -0.2) is 28.5 Å². The third-order valence-electron chi connectivity index (χ3n) is 4.58. The van der Waals surface area contributed by atoms with Crippen molar-refractivity contribution in [1.82, 2.24) is 14.9 Å². The number of aromatic nitrogens is 2. The van der Waals surface area contributed by atoms with Crippen LogP contribution in [0.1, 0.15) is 54.9 Å². The summed E-state index contributed by atoms with van der Waals surface area (Å²) in [5.41, 5.74) is 7.56. The fourth-order valence-corrected chi connectivity index (χ4v) is 3.37. The first-order valence-corrected chi connectivity index (χ1v) is 8.43. The Balaban J connectivity index is 1.80. The Bertz CT molecular complexity index is 741. The molecule has 124 valence electrons. The van der Waals surface area contributed by atoms with Crippen LogP contribution in [0, 0.1) is 0 Å². The fraction of sp³-hybridized carbons (Fsp3) is 0.529. The number of imidazole rings is 1. The van der Waals surface area contributed by atoms with Gasteiger partial charge in [0.05, 0.1) is 11.0 Å². The van der Waals surface area contributed by atoms with Crippen LogP contribution in [0.4, 0.5) is 0 Å². The molecule has 0 unspecified atom stereocenters. The van der Waals surface area contributed by atoms with E-state index in [1.165, 1.54) is 12.8 Å². The van der Waals surface area contributed by atoms with Gasteiger partial charge in [-0.3, -0.25) is 9.36 Å². The van der Waals surface area contributed by atoms with Crippen LogP contribution in [0.15, 0.2) is 23.0 Å². The minimum Gasteiger partial charge on any atom is -0.352 e. The van der Waals surface area contributed by atoms with Crippen molar-refractivity contribution < 1.29 is 4.79 Å². The van der Waals surface area contributed by atoms with Gasteiger partial charge in [0.2, 0.25) is 0 Å². The number of rotatable bonds is 6. The van der Waals surface area contributed by atoms with E-state index in [9.17, 15) is 9.59 Å². The molecule has 4 N–H and O–H groups in total. The second-order valence-corrected chi connectivity index (χ2v) is 6.22. The molecule has 1 aliphatic carbocycles. The van der Waals surface area contributed by atoms with Crippen molar-refractivity contribution in [2.45, 2.75) is 44.6 Å². The minimum atomic E-state index is -0.113. The Morgan fingerprint density at radius 3 is 2.83 bits per heavy atom. The van der Waals surface area contributed by atoms with Gasteiger partial charge in [0.25, 0.3) is 5.91 Å². The number of carbonyl (C=O) groups excluding carboxylic acids is 1. The van der Waals surface area contributed by atoms with Gasteiger partial charge in [0.15, 0.2) is 0 Å². The number of fused-ring (bicyclic) bond motifs is 1. The van der Waals surface area contributed by atoms with Crippen LogP contribution in [0.2, 0.25) is 0 Å². The van der Waals surface area contributed by atoms with Gasteiger partial charge in [-0.1, -0.05) is 12.8 Å². The van der Waals surface area contributed by atoms with Crippen molar-refractivity contribution in [3.05, 3.63) is 34.2 Å². The van der Waals surface area contributed by atoms with E-state index in [2.05, 4.69) is 10.3 Å². The topological polar surface area (TPSA) is 92.9 Å². The monoisotopic (exact) mass is 316 g/mol. The zero-order valence-corrected chi connectivity index (χ0v) is 13.3. The van der Waals surface area contributed by atoms with E-state index in [0.29, 0.717) is 18.7 Å². The quantitative estimate of drug-likeness (QED) is 0.711. The first-order chi connectivity index (χ1) is 11.2. The lowest BCUT2D eigenvalue weighted by Gasteiger charge is -2.11. The number of unbranched alkanes of at least 4 members (excludes halogenated alkanes) is 1. The number of nitrogens with two attached hydrogens (primary N) is 1. The maximum Gasteiger partial charge on any atom is 0.326 e. The molecule has 0 bridgehead atoms. The zero-order chi connectivity index (χ0) is 16.2. The van der Waals surface area contributed by atoms with Crippen LogP contribution < -0.4 is 16.7 Å². The Morgan fingerprint density at radius 2 is 2.09 bits per heavy atom. The highest BCUT2D eigenvalue weighted by Gasteiger charge is 2.21. The number of benzene rings is 1. The number of nitrogens with one attached hydrogen (secondary N) is 2. The molecule has 0 radical (unpaired) electrons. The standard InChI is InChI=1S/C17H24N4O2/c18-9-3-4-10-19-16(22)12-7-8-15-14(11-12)20-17(23)21(15)13-5-1-2-6-13/h7-8,11,13H,1-6,9-10,18H2,(H,19,22)(H,20,23). The van der Waals surface area contributed by atoms with E-state index in [1.54, 1.807) is 12.1 Å². The predicted molar refractivity (Wildman–Crippen MR) is 90.7 cm³/mol. The molecule has 0 atom stereocenters. The van der Waals surface area contributed by atoms with Gasteiger partial charge >= 0.3 is 5.69 Å². The third kappa shape index (κ3) is 3.32. The summed E-state index contributed by atoms with van der Waals surface area (Å²) >= 11 is 0. The molecule has 1 aromatic carbocycles. The number of aromatic amines is 1. The molecule has 6 nitrogen and oxygen atoms in total. The Kier molecular flexibility index (Phi) is 4.81. The summed E-state index contributed by atoms with van der Waals surface area (Å²) in [6, 6.07) is 5.72. The lowest BCUT2D eigenvalue weighted by molar-refractivity contribution is 0.0953. The third-order valence-corrected chi connectivity index (χ3v) is 4.58. The van der Waals surface area contributed by atoms with E-state index < -0.39 is 0 Å².